The minimum atomic E-state index is -0.976. The molecular weight excluding hydrogens is 337 g/mol. The van der Waals surface area contributed by atoms with E-state index in [4.69, 9.17) is 0 Å². The molecule has 1 aromatic rings. The fourth-order valence-electron chi connectivity index (χ4n) is 2.33. The van der Waals surface area contributed by atoms with E-state index in [-0.39, 0.29) is 11.0 Å². The van der Waals surface area contributed by atoms with Crippen molar-refractivity contribution in [1.82, 2.24) is 5.32 Å². The minimum absolute atomic E-state index is 0.0270. The summed E-state index contributed by atoms with van der Waals surface area (Å²) in [5.41, 5.74) is 0.278. The monoisotopic (exact) mass is 359 g/mol. The third kappa shape index (κ3) is 5.40. The lowest BCUT2D eigenvalue weighted by atomic mass is 9.80. The normalized spacial score (nSPS) is 13.2. The Bertz CT molecular complexity index is 491. The highest BCUT2D eigenvalue weighted by atomic mass is 79.9. The van der Waals surface area contributed by atoms with Crippen molar-refractivity contribution in [3.63, 3.8) is 0 Å². The molecule has 0 saturated heterocycles. The quantitative estimate of drug-likeness (QED) is 0.732. The molecule has 0 saturated carbocycles. The number of rotatable bonds is 8. The molecule has 0 aliphatic heterocycles. The van der Waals surface area contributed by atoms with Gasteiger partial charge in [0.15, 0.2) is 0 Å². The molecule has 1 rings (SSSR count). The zero-order valence-corrected chi connectivity index (χ0v) is 14.3. The summed E-state index contributed by atoms with van der Waals surface area (Å²) < 4.78 is 14.4. The van der Waals surface area contributed by atoms with Gasteiger partial charge >= 0.3 is 5.97 Å². The molecule has 5 heteroatoms. The molecule has 0 aliphatic carbocycles. The van der Waals surface area contributed by atoms with Crippen LogP contribution in [0.4, 0.5) is 4.39 Å². The largest absolute Gasteiger partial charge is 0.481 e. The Morgan fingerprint density at radius 3 is 2.67 bits per heavy atom. The van der Waals surface area contributed by atoms with Crippen molar-refractivity contribution in [3.8, 4) is 0 Å². The molecule has 0 radical (unpaired) electrons. The Morgan fingerprint density at radius 1 is 1.43 bits per heavy atom. The fraction of sp³-hybridized carbons (Fsp3) is 0.562. The van der Waals surface area contributed by atoms with Crippen LogP contribution in [0.25, 0.3) is 0 Å². The number of hydrogen-bond acceptors (Lipinski definition) is 2. The molecule has 1 unspecified atom stereocenters. The van der Waals surface area contributed by atoms with E-state index >= 15 is 0 Å². The third-order valence-corrected chi connectivity index (χ3v) is 4.43. The smallest absolute Gasteiger partial charge is 0.311 e. The number of nitrogens with one attached hydrogen (secondary N) is 1. The zero-order chi connectivity index (χ0) is 16.0. The predicted octanol–water partition coefficient (Wildman–Crippen LogP) is 4.17. The van der Waals surface area contributed by atoms with Crippen LogP contribution in [0.3, 0.4) is 0 Å². The van der Waals surface area contributed by atoms with Gasteiger partial charge in [0.25, 0.3) is 0 Å². The van der Waals surface area contributed by atoms with Crippen LogP contribution in [0.2, 0.25) is 0 Å². The van der Waals surface area contributed by atoms with Crippen LogP contribution in [0.5, 0.6) is 0 Å². The Hall–Kier alpha value is -0.940. The summed E-state index contributed by atoms with van der Waals surface area (Å²) in [5, 5.41) is 12.5. The Kier molecular flexibility index (Phi) is 6.81. The van der Waals surface area contributed by atoms with Crippen LogP contribution in [-0.4, -0.2) is 24.7 Å². The van der Waals surface area contributed by atoms with Crippen LogP contribution in [0.15, 0.2) is 22.7 Å². The van der Waals surface area contributed by atoms with Gasteiger partial charge in [0, 0.05) is 5.56 Å². The molecule has 0 bridgehead atoms. The first kappa shape index (κ1) is 18.1. The number of halogens is 2. The van der Waals surface area contributed by atoms with Gasteiger partial charge in [0.1, 0.15) is 5.82 Å². The van der Waals surface area contributed by atoms with Crippen molar-refractivity contribution in [3.05, 3.63) is 34.1 Å². The lowest BCUT2D eigenvalue weighted by molar-refractivity contribution is -0.139. The molecule has 0 spiro atoms. The summed E-state index contributed by atoms with van der Waals surface area (Å²) in [6.45, 7) is 5.11. The molecule has 0 fully saturated rings. The number of hydrogen-bond donors (Lipinski definition) is 2. The van der Waals surface area contributed by atoms with Crippen LogP contribution in [0, 0.1) is 11.2 Å². The van der Waals surface area contributed by atoms with Crippen molar-refractivity contribution in [2.75, 3.05) is 13.6 Å². The molecular formula is C16H23BrFNO2. The van der Waals surface area contributed by atoms with Crippen LogP contribution in [0.1, 0.15) is 44.6 Å². The number of carboxylic acids is 1. The highest BCUT2D eigenvalue weighted by molar-refractivity contribution is 9.10. The van der Waals surface area contributed by atoms with Crippen LogP contribution >= 0.6 is 15.9 Å². The Balaban J connectivity index is 2.84. The molecule has 0 heterocycles. The summed E-state index contributed by atoms with van der Waals surface area (Å²) in [7, 11) is 1.90. The van der Waals surface area contributed by atoms with Crippen LogP contribution in [-0.2, 0) is 4.79 Å². The number of benzene rings is 1. The lowest BCUT2D eigenvalue weighted by Gasteiger charge is -2.26. The topological polar surface area (TPSA) is 49.3 Å². The van der Waals surface area contributed by atoms with Gasteiger partial charge in [0.2, 0.25) is 0 Å². The van der Waals surface area contributed by atoms with Gasteiger partial charge in [-0.05, 0) is 60.3 Å². The van der Waals surface area contributed by atoms with Gasteiger partial charge in [-0.25, -0.2) is 4.39 Å². The summed E-state index contributed by atoms with van der Waals surface area (Å²) in [4.78, 5) is 11.5. The standard InChI is InChI=1S/C16H23BrFNO2/c1-16(2,9-10-19-3)8-7-12(15(20)21)11-5-4-6-13(17)14(11)18/h4-6,12,19H,7-10H2,1-3H3,(H,20,21). The SMILES string of the molecule is CNCCC(C)(C)CCC(C(=O)O)c1cccc(Br)c1F. The number of carbonyl (C=O) groups is 1. The van der Waals surface area contributed by atoms with E-state index in [0.29, 0.717) is 10.9 Å². The maximum absolute atomic E-state index is 14.1. The van der Waals surface area contributed by atoms with E-state index in [9.17, 15) is 14.3 Å². The molecule has 1 atom stereocenters. The summed E-state index contributed by atoms with van der Waals surface area (Å²) >= 11 is 3.11. The second kappa shape index (κ2) is 7.90. The van der Waals surface area contributed by atoms with E-state index in [1.165, 1.54) is 0 Å². The first-order chi connectivity index (χ1) is 9.78. The van der Waals surface area contributed by atoms with Gasteiger partial charge in [-0.1, -0.05) is 26.0 Å². The van der Waals surface area contributed by atoms with Crippen molar-refractivity contribution < 1.29 is 14.3 Å². The first-order valence-electron chi connectivity index (χ1n) is 7.10. The average Bonchev–Trinajstić information content (AvgIpc) is 2.41. The van der Waals surface area contributed by atoms with Crippen molar-refractivity contribution in [1.29, 1.82) is 0 Å². The van der Waals surface area contributed by atoms with Gasteiger partial charge in [-0.2, -0.15) is 0 Å². The summed E-state index contributed by atoms with van der Waals surface area (Å²) in [6, 6.07) is 4.80. The Morgan fingerprint density at radius 2 is 2.10 bits per heavy atom. The molecule has 1 aromatic carbocycles. The Labute approximate surface area is 134 Å². The van der Waals surface area contributed by atoms with Gasteiger partial charge in [-0.3, -0.25) is 4.79 Å². The van der Waals surface area contributed by atoms with E-state index < -0.39 is 17.7 Å². The van der Waals surface area contributed by atoms with E-state index in [1.54, 1.807) is 18.2 Å². The highest BCUT2D eigenvalue weighted by Gasteiger charge is 2.27. The maximum atomic E-state index is 14.1. The van der Waals surface area contributed by atoms with E-state index in [2.05, 4.69) is 35.1 Å². The fourth-order valence-corrected chi connectivity index (χ4v) is 2.71. The summed E-state index contributed by atoms with van der Waals surface area (Å²) in [5.74, 6) is -2.26. The third-order valence-electron chi connectivity index (χ3n) is 3.82. The minimum Gasteiger partial charge on any atom is -0.481 e. The molecule has 0 aromatic heterocycles. The average molecular weight is 360 g/mol. The van der Waals surface area contributed by atoms with E-state index in [1.807, 2.05) is 7.05 Å². The van der Waals surface area contributed by atoms with Crippen molar-refractivity contribution in [2.24, 2.45) is 5.41 Å². The second-order valence-electron chi connectivity index (χ2n) is 6.09. The molecule has 118 valence electrons. The van der Waals surface area contributed by atoms with Gasteiger partial charge in [-0.15, -0.1) is 0 Å². The first-order valence-corrected chi connectivity index (χ1v) is 7.89. The predicted molar refractivity (Wildman–Crippen MR) is 86.0 cm³/mol. The molecule has 21 heavy (non-hydrogen) atoms. The maximum Gasteiger partial charge on any atom is 0.311 e. The van der Waals surface area contributed by atoms with E-state index in [0.717, 1.165) is 19.4 Å². The molecule has 3 nitrogen and oxygen atoms in total. The van der Waals surface area contributed by atoms with Crippen molar-refractivity contribution in [2.45, 2.75) is 39.0 Å². The molecule has 0 amide bonds. The second-order valence-corrected chi connectivity index (χ2v) is 6.94. The van der Waals surface area contributed by atoms with Crippen molar-refractivity contribution >= 4 is 21.9 Å². The number of aliphatic carboxylic acids is 1. The zero-order valence-electron chi connectivity index (χ0n) is 12.7. The molecule has 0 aliphatic rings. The number of carboxylic acid groups (broad SMARTS) is 1. The highest BCUT2D eigenvalue weighted by Crippen LogP contribution is 2.34. The summed E-state index contributed by atoms with van der Waals surface area (Å²) in [6.07, 6.45) is 2.12. The van der Waals surface area contributed by atoms with Gasteiger partial charge in [0.05, 0.1) is 10.4 Å². The van der Waals surface area contributed by atoms with Gasteiger partial charge < -0.3 is 10.4 Å². The van der Waals surface area contributed by atoms with Crippen LogP contribution < -0.4 is 5.32 Å². The molecule has 2 N–H and O–H groups in total. The lowest BCUT2D eigenvalue weighted by Crippen LogP contribution is -2.22.